The number of nitrogens with one attached hydrogen (secondary N) is 1. The van der Waals surface area contributed by atoms with Crippen LogP contribution in [0.25, 0.3) is 0 Å². The number of nitro groups is 1. The first kappa shape index (κ1) is 12.0. The zero-order valence-corrected chi connectivity index (χ0v) is 9.45. The Morgan fingerprint density at radius 1 is 1.39 bits per heavy atom. The maximum absolute atomic E-state index is 11.8. The first-order valence-corrected chi connectivity index (χ1v) is 5.40. The molecular formula is C12H11N3O3. The molecule has 1 aliphatic rings. The second-order valence-electron chi connectivity index (χ2n) is 3.77. The summed E-state index contributed by atoms with van der Waals surface area (Å²) in [5.74, 6) is -0.218. The van der Waals surface area contributed by atoms with E-state index in [1.807, 2.05) is 6.08 Å². The van der Waals surface area contributed by atoms with E-state index < -0.39 is 11.0 Å². The van der Waals surface area contributed by atoms with Crippen LogP contribution in [0.4, 0.5) is 11.4 Å². The van der Waals surface area contributed by atoms with E-state index in [-0.39, 0.29) is 11.6 Å². The van der Waals surface area contributed by atoms with Crippen LogP contribution >= 0.6 is 0 Å². The van der Waals surface area contributed by atoms with Gasteiger partial charge >= 0.3 is 0 Å². The summed E-state index contributed by atoms with van der Waals surface area (Å²) in [6, 6.07) is 5.26. The highest BCUT2D eigenvalue weighted by molar-refractivity contribution is 5.96. The number of non-ortho nitro benzene ring substituents is 1. The molecule has 0 aliphatic carbocycles. The third kappa shape index (κ3) is 2.79. The third-order valence-corrected chi connectivity index (χ3v) is 2.50. The normalized spacial score (nSPS) is 17.4. The van der Waals surface area contributed by atoms with Crippen molar-refractivity contribution in [2.75, 3.05) is 5.32 Å². The van der Waals surface area contributed by atoms with Crippen molar-refractivity contribution in [2.45, 2.75) is 12.5 Å². The number of hydrogen-bond acceptors (Lipinski definition) is 4. The second-order valence-corrected chi connectivity index (χ2v) is 3.77. The molecule has 1 heterocycles. The first-order chi connectivity index (χ1) is 8.66. The van der Waals surface area contributed by atoms with E-state index in [0.717, 1.165) is 0 Å². The van der Waals surface area contributed by atoms with Crippen LogP contribution in [0.15, 0.2) is 41.4 Å². The Morgan fingerprint density at radius 2 is 2.11 bits per heavy atom. The Bertz CT molecular complexity index is 520. The number of carbonyl (C=O) groups excluding carboxylic acids is 1. The molecule has 1 aliphatic heterocycles. The van der Waals surface area contributed by atoms with Crippen molar-refractivity contribution < 1.29 is 9.72 Å². The van der Waals surface area contributed by atoms with Gasteiger partial charge in [-0.2, -0.15) is 0 Å². The van der Waals surface area contributed by atoms with Crippen molar-refractivity contribution in [2.24, 2.45) is 4.99 Å². The molecule has 18 heavy (non-hydrogen) atoms. The highest BCUT2D eigenvalue weighted by Gasteiger charge is 2.16. The number of rotatable bonds is 3. The zero-order chi connectivity index (χ0) is 13.0. The van der Waals surface area contributed by atoms with Gasteiger partial charge in [0.05, 0.1) is 4.92 Å². The molecule has 0 saturated carbocycles. The minimum atomic E-state index is -0.484. The molecule has 0 fully saturated rings. The number of allylic oxidation sites excluding steroid dienone is 1. The van der Waals surface area contributed by atoms with Gasteiger partial charge in [-0.1, -0.05) is 6.08 Å². The van der Waals surface area contributed by atoms with Crippen molar-refractivity contribution in [3.63, 3.8) is 0 Å². The molecule has 0 bridgehead atoms. The van der Waals surface area contributed by atoms with Gasteiger partial charge in [-0.3, -0.25) is 19.9 Å². The van der Waals surface area contributed by atoms with Gasteiger partial charge in [0.2, 0.25) is 5.91 Å². The van der Waals surface area contributed by atoms with E-state index in [0.29, 0.717) is 12.1 Å². The van der Waals surface area contributed by atoms with Gasteiger partial charge < -0.3 is 5.32 Å². The molecule has 2 rings (SSSR count). The van der Waals surface area contributed by atoms with Crippen molar-refractivity contribution in [1.82, 2.24) is 0 Å². The highest BCUT2D eigenvalue weighted by atomic mass is 16.6. The minimum Gasteiger partial charge on any atom is -0.324 e. The number of amides is 1. The van der Waals surface area contributed by atoms with E-state index >= 15 is 0 Å². The fraction of sp³-hybridized carbons (Fsp3) is 0.167. The zero-order valence-electron chi connectivity index (χ0n) is 9.45. The lowest BCUT2D eigenvalue weighted by Crippen LogP contribution is -2.26. The van der Waals surface area contributed by atoms with Crippen LogP contribution in [0.1, 0.15) is 6.42 Å². The largest absolute Gasteiger partial charge is 0.324 e. The van der Waals surface area contributed by atoms with Crippen LogP contribution in [-0.4, -0.2) is 23.1 Å². The number of benzene rings is 1. The summed E-state index contributed by atoms with van der Waals surface area (Å²) in [4.78, 5) is 25.8. The van der Waals surface area contributed by atoms with Gasteiger partial charge in [0.1, 0.15) is 6.04 Å². The van der Waals surface area contributed by atoms with Crippen LogP contribution in [0.3, 0.4) is 0 Å². The smallest absolute Gasteiger partial charge is 0.269 e. The first-order valence-electron chi connectivity index (χ1n) is 5.40. The van der Waals surface area contributed by atoms with Crippen molar-refractivity contribution in [1.29, 1.82) is 0 Å². The number of nitrogens with zero attached hydrogens (tertiary/aromatic N) is 2. The standard InChI is InChI=1S/C12H11N3O3/c16-12(11-3-1-2-8-13-11)14-9-4-6-10(7-5-9)15(17)18/h1-2,4-8,11H,3H2,(H,14,16). The predicted molar refractivity (Wildman–Crippen MR) is 67.8 cm³/mol. The minimum absolute atomic E-state index is 0.00776. The molecule has 1 amide bonds. The number of carbonyl (C=O) groups is 1. The summed E-state index contributed by atoms with van der Waals surface area (Å²) in [5.41, 5.74) is 0.516. The van der Waals surface area contributed by atoms with E-state index in [1.165, 1.54) is 24.3 Å². The van der Waals surface area contributed by atoms with E-state index in [2.05, 4.69) is 10.3 Å². The maximum atomic E-state index is 11.8. The Balaban J connectivity index is 2.01. The second kappa shape index (κ2) is 5.22. The lowest BCUT2D eigenvalue weighted by Gasteiger charge is -2.12. The molecule has 6 heteroatoms. The van der Waals surface area contributed by atoms with Gasteiger partial charge in [0, 0.05) is 24.0 Å². The molecule has 1 aromatic carbocycles. The molecule has 92 valence electrons. The number of hydrogen-bond donors (Lipinski definition) is 1. The van der Waals surface area contributed by atoms with Crippen LogP contribution in [0.2, 0.25) is 0 Å². The average molecular weight is 245 g/mol. The molecule has 0 spiro atoms. The van der Waals surface area contributed by atoms with Gasteiger partial charge in [-0.15, -0.1) is 0 Å². The van der Waals surface area contributed by atoms with Crippen LogP contribution in [-0.2, 0) is 4.79 Å². The molecule has 0 saturated heterocycles. The number of nitro benzene ring substituents is 1. The van der Waals surface area contributed by atoms with E-state index in [9.17, 15) is 14.9 Å². The summed E-state index contributed by atoms with van der Waals surface area (Å²) < 4.78 is 0. The van der Waals surface area contributed by atoms with Gasteiger partial charge in [-0.25, -0.2) is 0 Å². The molecule has 1 aromatic rings. The summed E-state index contributed by atoms with van der Waals surface area (Å²) in [6.07, 6.45) is 5.81. The highest BCUT2D eigenvalue weighted by Crippen LogP contribution is 2.16. The number of dihydropyridines is 1. The number of aliphatic imine (C=N–C) groups is 1. The van der Waals surface area contributed by atoms with Crippen molar-refractivity contribution in [3.8, 4) is 0 Å². The van der Waals surface area contributed by atoms with E-state index in [1.54, 1.807) is 12.3 Å². The predicted octanol–water partition coefficient (Wildman–Crippen LogP) is 1.93. The molecule has 6 nitrogen and oxygen atoms in total. The topological polar surface area (TPSA) is 84.6 Å². The van der Waals surface area contributed by atoms with Crippen molar-refractivity contribution >= 4 is 23.5 Å². The molecule has 1 unspecified atom stereocenters. The third-order valence-electron chi connectivity index (χ3n) is 2.50. The van der Waals surface area contributed by atoms with Gasteiger partial charge in [0.15, 0.2) is 0 Å². The summed E-state index contributed by atoms with van der Waals surface area (Å²) in [7, 11) is 0. The van der Waals surface area contributed by atoms with Crippen LogP contribution < -0.4 is 5.32 Å². The summed E-state index contributed by atoms with van der Waals surface area (Å²) >= 11 is 0. The molecule has 0 aromatic heterocycles. The summed E-state index contributed by atoms with van der Waals surface area (Å²) in [5, 5.41) is 13.1. The fourth-order valence-electron chi connectivity index (χ4n) is 1.55. The van der Waals surface area contributed by atoms with Crippen molar-refractivity contribution in [3.05, 3.63) is 46.5 Å². The Hall–Kier alpha value is -2.50. The van der Waals surface area contributed by atoms with Gasteiger partial charge in [-0.05, 0) is 24.6 Å². The maximum Gasteiger partial charge on any atom is 0.269 e. The van der Waals surface area contributed by atoms with E-state index in [4.69, 9.17) is 0 Å². The quantitative estimate of drug-likeness (QED) is 0.652. The number of anilines is 1. The molecular weight excluding hydrogens is 234 g/mol. The summed E-state index contributed by atoms with van der Waals surface area (Å²) in [6.45, 7) is 0. The van der Waals surface area contributed by atoms with Gasteiger partial charge in [0.25, 0.3) is 5.69 Å². The monoisotopic (exact) mass is 245 g/mol. The van der Waals surface area contributed by atoms with Crippen LogP contribution in [0, 0.1) is 10.1 Å². The lowest BCUT2D eigenvalue weighted by molar-refractivity contribution is -0.384. The SMILES string of the molecule is O=C(Nc1ccc([N+](=O)[O-])cc1)C1CC=CC=N1. The Kier molecular flexibility index (Phi) is 3.47. The molecule has 1 N–H and O–H groups in total. The molecule has 0 radical (unpaired) electrons. The Labute approximate surface area is 103 Å². The lowest BCUT2D eigenvalue weighted by atomic mass is 10.1. The molecule has 1 atom stereocenters. The average Bonchev–Trinajstić information content (AvgIpc) is 2.40. The van der Waals surface area contributed by atoms with Crippen LogP contribution in [0.5, 0.6) is 0 Å². The fourth-order valence-corrected chi connectivity index (χ4v) is 1.55. The Morgan fingerprint density at radius 3 is 2.67 bits per heavy atom.